The molecule has 16 heavy (non-hydrogen) atoms. The quantitative estimate of drug-likeness (QED) is 0.655. The van der Waals surface area contributed by atoms with Crippen molar-refractivity contribution < 1.29 is 9.90 Å². The third-order valence-electron chi connectivity index (χ3n) is 2.47. The Hall–Kier alpha value is -1.39. The highest BCUT2D eigenvalue weighted by atomic mass is 16.4. The van der Waals surface area contributed by atoms with Crippen molar-refractivity contribution in [2.75, 3.05) is 6.54 Å². The molecule has 0 aromatic heterocycles. The lowest BCUT2D eigenvalue weighted by Gasteiger charge is -2.07. The average Bonchev–Trinajstić information content (AvgIpc) is 2.28. The summed E-state index contributed by atoms with van der Waals surface area (Å²) in [7, 11) is 0. The number of hydrogen-bond acceptors (Lipinski definition) is 3. The summed E-state index contributed by atoms with van der Waals surface area (Å²) >= 11 is 0. The molecule has 0 spiro atoms. The molecule has 0 saturated carbocycles. The van der Waals surface area contributed by atoms with E-state index in [2.05, 4.69) is 0 Å². The number of carboxylic acids is 1. The highest BCUT2D eigenvalue weighted by molar-refractivity contribution is 5.73. The van der Waals surface area contributed by atoms with Crippen molar-refractivity contribution in [3.8, 4) is 0 Å². The summed E-state index contributed by atoms with van der Waals surface area (Å²) in [6, 6.07) is 7.03. The lowest BCUT2D eigenvalue weighted by atomic mass is 10.0. The van der Waals surface area contributed by atoms with E-state index >= 15 is 0 Å². The van der Waals surface area contributed by atoms with E-state index < -0.39 is 12.0 Å². The molecule has 5 N–H and O–H groups in total. The second-order valence-corrected chi connectivity index (χ2v) is 3.86. The van der Waals surface area contributed by atoms with Crippen molar-refractivity contribution in [3.05, 3.63) is 35.4 Å². The van der Waals surface area contributed by atoms with Crippen molar-refractivity contribution in [1.29, 1.82) is 0 Å². The third kappa shape index (κ3) is 4.00. The molecular formula is C12H18N2O2. The summed E-state index contributed by atoms with van der Waals surface area (Å²) in [4.78, 5) is 10.6. The third-order valence-corrected chi connectivity index (χ3v) is 2.47. The maximum atomic E-state index is 10.6. The minimum Gasteiger partial charge on any atom is -0.480 e. The van der Waals surface area contributed by atoms with Gasteiger partial charge in [0.25, 0.3) is 0 Å². The van der Waals surface area contributed by atoms with Crippen LogP contribution in [0.5, 0.6) is 0 Å². The van der Waals surface area contributed by atoms with Gasteiger partial charge in [-0.1, -0.05) is 24.3 Å². The molecule has 0 fully saturated rings. The Balaban J connectivity index is 2.54. The number of benzene rings is 1. The van der Waals surface area contributed by atoms with Crippen LogP contribution in [-0.2, 0) is 17.6 Å². The number of nitrogens with two attached hydrogens (primary N) is 2. The Labute approximate surface area is 95.3 Å². The van der Waals surface area contributed by atoms with Gasteiger partial charge in [0, 0.05) is 0 Å². The molecule has 0 aliphatic carbocycles. The zero-order valence-corrected chi connectivity index (χ0v) is 9.23. The zero-order chi connectivity index (χ0) is 12.0. The van der Waals surface area contributed by atoms with Crippen LogP contribution in [0.3, 0.4) is 0 Å². The van der Waals surface area contributed by atoms with E-state index in [1.54, 1.807) is 0 Å². The summed E-state index contributed by atoms with van der Waals surface area (Å²) in [5.41, 5.74) is 13.0. The number of rotatable bonds is 6. The van der Waals surface area contributed by atoms with Crippen molar-refractivity contribution >= 4 is 5.97 Å². The zero-order valence-electron chi connectivity index (χ0n) is 9.23. The summed E-state index contributed by atoms with van der Waals surface area (Å²) < 4.78 is 0. The molecular weight excluding hydrogens is 204 g/mol. The predicted molar refractivity (Wildman–Crippen MR) is 63.1 cm³/mol. The first-order valence-electron chi connectivity index (χ1n) is 5.39. The van der Waals surface area contributed by atoms with Gasteiger partial charge in [0.2, 0.25) is 0 Å². The molecule has 1 unspecified atom stereocenters. The fraction of sp³-hybridized carbons (Fsp3) is 0.417. The first-order valence-corrected chi connectivity index (χ1v) is 5.39. The molecule has 1 atom stereocenters. The van der Waals surface area contributed by atoms with Crippen LogP contribution in [0.1, 0.15) is 17.5 Å². The highest BCUT2D eigenvalue weighted by Gasteiger charge is 2.11. The Morgan fingerprint density at radius 3 is 2.31 bits per heavy atom. The van der Waals surface area contributed by atoms with Gasteiger partial charge in [0.05, 0.1) is 0 Å². The first-order chi connectivity index (χ1) is 7.63. The molecule has 4 nitrogen and oxygen atoms in total. The summed E-state index contributed by atoms with van der Waals surface area (Å²) in [5.74, 6) is -0.966. The molecule has 0 aliphatic rings. The van der Waals surface area contributed by atoms with Crippen LogP contribution in [-0.4, -0.2) is 23.7 Å². The monoisotopic (exact) mass is 222 g/mol. The molecule has 1 aromatic rings. The number of carboxylic acid groups (broad SMARTS) is 1. The first kappa shape index (κ1) is 12.7. The van der Waals surface area contributed by atoms with E-state index in [1.807, 2.05) is 24.3 Å². The molecule has 0 heterocycles. The Kier molecular flexibility index (Phi) is 4.95. The van der Waals surface area contributed by atoms with Crippen LogP contribution in [0.2, 0.25) is 0 Å². The van der Waals surface area contributed by atoms with Gasteiger partial charge in [-0.15, -0.1) is 0 Å². The number of hydrogen-bond donors (Lipinski definition) is 3. The van der Waals surface area contributed by atoms with Gasteiger partial charge in [-0.3, -0.25) is 4.79 Å². The van der Waals surface area contributed by atoms with E-state index in [0.29, 0.717) is 13.0 Å². The fourth-order valence-electron chi connectivity index (χ4n) is 1.49. The van der Waals surface area contributed by atoms with Crippen molar-refractivity contribution in [2.45, 2.75) is 25.3 Å². The standard InChI is InChI=1S/C12H18N2O2/c13-7-1-2-9-3-5-10(6-4-9)8-11(14)12(15)16/h3-6,11H,1-2,7-8,13-14H2,(H,15,16). The van der Waals surface area contributed by atoms with Gasteiger partial charge in [-0.05, 0) is 36.9 Å². The van der Waals surface area contributed by atoms with Crippen molar-refractivity contribution in [3.63, 3.8) is 0 Å². The molecule has 1 rings (SSSR count). The molecule has 0 radical (unpaired) electrons. The van der Waals surface area contributed by atoms with Crippen LogP contribution < -0.4 is 11.5 Å². The van der Waals surface area contributed by atoms with E-state index in [4.69, 9.17) is 16.6 Å². The second-order valence-electron chi connectivity index (χ2n) is 3.86. The van der Waals surface area contributed by atoms with E-state index in [9.17, 15) is 4.79 Å². The van der Waals surface area contributed by atoms with Crippen LogP contribution >= 0.6 is 0 Å². The average molecular weight is 222 g/mol. The number of aliphatic carboxylic acids is 1. The molecule has 4 heteroatoms. The predicted octanol–water partition coefficient (Wildman–Crippen LogP) is 0.532. The maximum absolute atomic E-state index is 10.6. The van der Waals surface area contributed by atoms with Gasteiger partial charge in [0.15, 0.2) is 0 Å². The van der Waals surface area contributed by atoms with Gasteiger partial charge in [0.1, 0.15) is 6.04 Å². The van der Waals surface area contributed by atoms with Crippen LogP contribution in [0.4, 0.5) is 0 Å². The molecule has 0 bridgehead atoms. The Bertz CT molecular complexity index is 335. The Morgan fingerprint density at radius 1 is 1.25 bits per heavy atom. The Morgan fingerprint density at radius 2 is 1.81 bits per heavy atom. The topological polar surface area (TPSA) is 89.3 Å². The van der Waals surface area contributed by atoms with Gasteiger partial charge in [-0.2, -0.15) is 0 Å². The van der Waals surface area contributed by atoms with Crippen LogP contribution in [0.25, 0.3) is 0 Å². The smallest absolute Gasteiger partial charge is 0.320 e. The molecule has 0 amide bonds. The fourth-order valence-corrected chi connectivity index (χ4v) is 1.49. The molecule has 88 valence electrons. The largest absolute Gasteiger partial charge is 0.480 e. The second kappa shape index (κ2) is 6.25. The summed E-state index contributed by atoms with van der Waals surface area (Å²) in [6.45, 7) is 0.686. The lowest BCUT2D eigenvalue weighted by Crippen LogP contribution is -2.32. The van der Waals surface area contributed by atoms with Crippen molar-refractivity contribution in [1.82, 2.24) is 0 Å². The van der Waals surface area contributed by atoms with Gasteiger partial charge < -0.3 is 16.6 Å². The maximum Gasteiger partial charge on any atom is 0.320 e. The number of aryl methyl sites for hydroxylation is 1. The van der Waals surface area contributed by atoms with E-state index in [0.717, 1.165) is 18.4 Å². The van der Waals surface area contributed by atoms with Crippen LogP contribution in [0.15, 0.2) is 24.3 Å². The van der Waals surface area contributed by atoms with Crippen LogP contribution in [0, 0.1) is 0 Å². The summed E-state index contributed by atoms with van der Waals surface area (Å²) in [5, 5.41) is 8.68. The SMILES string of the molecule is NCCCc1ccc(CC(N)C(=O)O)cc1. The number of carbonyl (C=O) groups is 1. The lowest BCUT2D eigenvalue weighted by molar-refractivity contribution is -0.138. The minimum absolute atomic E-state index is 0.368. The van der Waals surface area contributed by atoms with E-state index in [1.165, 1.54) is 5.56 Å². The van der Waals surface area contributed by atoms with Gasteiger partial charge in [-0.25, -0.2) is 0 Å². The molecule has 1 aromatic carbocycles. The normalized spacial score (nSPS) is 12.4. The summed E-state index contributed by atoms with van der Waals surface area (Å²) in [6.07, 6.45) is 2.29. The minimum atomic E-state index is -0.966. The van der Waals surface area contributed by atoms with Crippen molar-refractivity contribution in [2.24, 2.45) is 11.5 Å². The highest BCUT2D eigenvalue weighted by Crippen LogP contribution is 2.08. The van der Waals surface area contributed by atoms with Gasteiger partial charge >= 0.3 is 5.97 Å². The molecule has 0 aliphatic heterocycles. The molecule has 0 saturated heterocycles. The van der Waals surface area contributed by atoms with E-state index in [-0.39, 0.29) is 0 Å².